The maximum atomic E-state index is 12.3. The van der Waals surface area contributed by atoms with Crippen LogP contribution in [0.25, 0.3) is 5.82 Å². The standard InChI is InChI=1S/C17H25N7O3S/c1-13-9-14(2)24(20-13)16-10-15(18-12-19-16)22-5-7-23(8-6-22)17(25)11-21(3)28(4,26)27/h9-10,12H,5-8,11H2,1-4H3. The summed E-state index contributed by atoms with van der Waals surface area (Å²) in [4.78, 5) is 24.8. The van der Waals surface area contributed by atoms with E-state index in [9.17, 15) is 13.2 Å². The number of anilines is 1. The summed E-state index contributed by atoms with van der Waals surface area (Å²) in [6.45, 7) is 6.01. The Morgan fingerprint density at radius 3 is 2.32 bits per heavy atom. The Morgan fingerprint density at radius 2 is 1.75 bits per heavy atom. The largest absolute Gasteiger partial charge is 0.353 e. The molecular weight excluding hydrogens is 382 g/mol. The molecule has 0 N–H and O–H groups in total. The molecule has 0 unspecified atom stereocenters. The van der Waals surface area contributed by atoms with Crippen LogP contribution in [0.2, 0.25) is 0 Å². The van der Waals surface area contributed by atoms with Gasteiger partial charge >= 0.3 is 0 Å². The van der Waals surface area contributed by atoms with Crippen molar-refractivity contribution in [3.63, 3.8) is 0 Å². The van der Waals surface area contributed by atoms with E-state index in [1.54, 1.807) is 9.58 Å². The third-order valence-electron chi connectivity index (χ3n) is 4.75. The zero-order valence-electron chi connectivity index (χ0n) is 16.5. The number of amides is 1. The molecule has 0 atom stereocenters. The van der Waals surface area contributed by atoms with Crippen LogP contribution in [0.5, 0.6) is 0 Å². The fourth-order valence-electron chi connectivity index (χ4n) is 3.08. The van der Waals surface area contributed by atoms with Crippen molar-refractivity contribution in [2.45, 2.75) is 13.8 Å². The van der Waals surface area contributed by atoms with E-state index < -0.39 is 10.0 Å². The van der Waals surface area contributed by atoms with Crippen LogP contribution in [-0.4, -0.2) is 89.3 Å². The van der Waals surface area contributed by atoms with Crippen LogP contribution in [0.1, 0.15) is 11.4 Å². The first-order valence-corrected chi connectivity index (χ1v) is 10.8. The summed E-state index contributed by atoms with van der Waals surface area (Å²) in [6, 6.07) is 3.87. The van der Waals surface area contributed by atoms with Crippen LogP contribution in [-0.2, 0) is 14.8 Å². The van der Waals surface area contributed by atoms with E-state index in [0.717, 1.165) is 27.8 Å². The average molecular weight is 408 g/mol. The van der Waals surface area contributed by atoms with Crippen LogP contribution < -0.4 is 4.90 Å². The molecule has 0 saturated carbocycles. The van der Waals surface area contributed by atoms with Gasteiger partial charge < -0.3 is 9.80 Å². The molecule has 1 saturated heterocycles. The molecule has 3 rings (SSSR count). The molecule has 152 valence electrons. The lowest BCUT2D eigenvalue weighted by atomic mass is 10.3. The Balaban J connectivity index is 1.65. The minimum atomic E-state index is -3.37. The lowest BCUT2D eigenvalue weighted by Gasteiger charge is -2.36. The topological polar surface area (TPSA) is 105 Å². The number of hydrogen-bond acceptors (Lipinski definition) is 7. The number of aryl methyl sites for hydroxylation is 2. The monoisotopic (exact) mass is 407 g/mol. The van der Waals surface area contributed by atoms with E-state index in [1.165, 1.54) is 13.4 Å². The van der Waals surface area contributed by atoms with Crippen LogP contribution in [0.3, 0.4) is 0 Å². The van der Waals surface area contributed by atoms with E-state index >= 15 is 0 Å². The zero-order chi connectivity index (χ0) is 20.5. The second-order valence-electron chi connectivity index (χ2n) is 6.96. The maximum Gasteiger partial charge on any atom is 0.238 e. The van der Waals surface area contributed by atoms with Gasteiger partial charge in [-0.1, -0.05) is 0 Å². The van der Waals surface area contributed by atoms with Crippen molar-refractivity contribution < 1.29 is 13.2 Å². The number of hydrogen-bond donors (Lipinski definition) is 0. The molecule has 1 fully saturated rings. The SMILES string of the molecule is Cc1cc(C)n(-c2cc(N3CCN(C(=O)CN(C)S(C)(=O)=O)CC3)ncn2)n1. The van der Waals surface area contributed by atoms with E-state index in [1.807, 2.05) is 26.0 Å². The highest BCUT2D eigenvalue weighted by molar-refractivity contribution is 7.88. The molecule has 1 aliphatic heterocycles. The normalized spacial score (nSPS) is 15.3. The maximum absolute atomic E-state index is 12.3. The van der Waals surface area contributed by atoms with Gasteiger partial charge in [0.25, 0.3) is 0 Å². The van der Waals surface area contributed by atoms with Crippen LogP contribution in [0.4, 0.5) is 5.82 Å². The number of aromatic nitrogens is 4. The predicted octanol–water partition coefficient (Wildman–Crippen LogP) is -0.181. The first-order chi connectivity index (χ1) is 13.1. The number of sulfonamides is 1. The van der Waals surface area contributed by atoms with Crippen molar-refractivity contribution in [2.24, 2.45) is 0 Å². The Morgan fingerprint density at radius 1 is 1.11 bits per heavy atom. The van der Waals surface area contributed by atoms with E-state index in [-0.39, 0.29) is 12.5 Å². The van der Waals surface area contributed by atoms with Gasteiger partial charge in [-0.2, -0.15) is 9.40 Å². The molecule has 0 aliphatic carbocycles. The molecule has 0 spiro atoms. The molecule has 28 heavy (non-hydrogen) atoms. The summed E-state index contributed by atoms with van der Waals surface area (Å²) >= 11 is 0. The molecule has 2 aromatic rings. The molecule has 0 bridgehead atoms. The smallest absolute Gasteiger partial charge is 0.238 e. The highest BCUT2D eigenvalue weighted by Crippen LogP contribution is 2.17. The number of likely N-dealkylation sites (N-methyl/N-ethyl adjacent to an activating group) is 1. The molecular formula is C17H25N7O3S. The third-order valence-corrected chi connectivity index (χ3v) is 6.01. The second-order valence-corrected chi connectivity index (χ2v) is 9.05. The second kappa shape index (κ2) is 7.84. The molecule has 0 aromatic carbocycles. The van der Waals surface area contributed by atoms with Gasteiger partial charge in [0.15, 0.2) is 5.82 Å². The third kappa shape index (κ3) is 4.47. The summed E-state index contributed by atoms with van der Waals surface area (Å²) in [5.41, 5.74) is 1.91. The highest BCUT2D eigenvalue weighted by atomic mass is 32.2. The quantitative estimate of drug-likeness (QED) is 0.677. The minimum absolute atomic E-state index is 0.144. The summed E-state index contributed by atoms with van der Waals surface area (Å²) in [6.07, 6.45) is 2.60. The number of carbonyl (C=O) groups excluding carboxylic acids is 1. The zero-order valence-corrected chi connectivity index (χ0v) is 17.3. The van der Waals surface area contributed by atoms with Gasteiger partial charge in [-0.05, 0) is 19.9 Å². The fourth-order valence-corrected chi connectivity index (χ4v) is 3.42. The van der Waals surface area contributed by atoms with Crippen LogP contribution >= 0.6 is 0 Å². The lowest BCUT2D eigenvalue weighted by molar-refractivity contribution is -0.131. The van der Waals surface area contributed by atoms with Crippen molar-refractivity contribution in [3.05, 3.63) is 29.8 Å². The van der Waals surface area contributed by atoms with Crippen LogP contribution in [0, 0.1) is 13.8 Å². The summed E-state index contributed by atoms with van der Waals surface area (Å²) < 4.78 is 25.8. The Kier molecular flexibility index (Phi) is 5.66. The number of nitrogens with zero attached hydrogens (tertiary/aromatic N) is 7. The molecule has 10 nitrogen and oxygen atoms in total. The van der Waals surface area contributed by atoms with E-state index in [2.05, 4.69) is 20.0 Å². The fraction of sp³-hybridized carbons (Fsp3) is 0.529. The summed E-state index contributed by atoms with van der Waals surface area (Å²) in [5.74, 6) is 1.28. The van der Waals surface area contributed by atoms with Crippen molar-refractivity contribution in [1.82, 2.24) is 29.0 Å². The molecule has 0 radical (unpaired) electrons. The van der Waals surface area contributed by atoms with E-state index in [4.69, 9.17) is 0 Å². The van der Waals surface area contributed by atoms with Gasteiger partial charge in [0.05, 0.1) is 18.5 Å². The first kappa shape index (κ1) is 20.2. The first-order valence-electron chi connectivity index (χ1n) is 8.95. The molecule has 2 aromatic heterocycles. The average Bonchev–Trinajstić information content (AvgIpc) is 2.99. The van der Waals surface area contributed by atoms with Gasteiger partial charge in [-0.25, -0.2) is 23.1 Å². The highest BCUT2D eigenvalue weighted by Gasteiger charge is 2.25. The van der Waals surface area contributed by atoms with Gasteiger partial charge in [0.2, 0.25) is 15.9 Å². The van der Waals surface area contributed by atoms with Gasteiger partial charge in [0.1, 0.15) is 12.1 Å². The molecule has 11 heteroatoms. The Labute approximate surface area is 164 Å². The lowest BCUT2D eigenvalue weighted by Crippen LogP contribution is -2.51. The van der Waals surface area contributed by atoms with Gasteiger partial charge in [-0.3, -0.25) is 4.79 Å². The van der Waals surface area contributed by atoms with Crippen LogP contribution in [0.15, 0.2) is 18.5 Å². The van der Waals surface area contributed by atoms with Crippen molar-refractivity contribution in [3.8, 4) is 5.82 Å². The van der Waals surface area contributed by atoms with E-state index in [0.29, 0.717) is 32.0 Å². The summed E-state index contributed by atoms with van der Waals surface area (Å²) in [7, 11) is -1.97. The number of carbonyl (C=O) groups is 1. The number of rotatable bonds is 5. The number of piperazine rings is 1. The molecule has 1 aliphatic rings. The van der Waals surface area contributed by atoms with Gasteiger partial charge in [0, 0.05) is 45.0 Å². The predicted molar refractivity (Wildman–Crippen MR) is 105 cm³/mol. The summed E-state index contributed by atoms with van der Waals surface area (Å²) in [5, 5.41) is 4.45. The molecule has 1 amide bonds. The van der Waals surface area contributed by atoms with Crippen molar-refractivity contribution >= 4 is 21.7 Å². The Hall–Kier alpha value is -2.53. The Bertz CT molecular complexity index is 965. The minimum Gasteiger partial charge on any atom is -0.353 e. The van der Waals surface area contributed by atoms with Crippen molar-refractivity contribution in [2.75, 3.05) is 50.9 Å². The van der Waals surface area contributed by atoms with Crippen molar-refractivity contribution in [1.29, 1.82) is 0 Å². The van der Waals surface area contributed by atoms with Gasteiger partial charge in [-0.15, -0.1) is 0 Å². The molecule has 3 heterocycles.